The molecule has 5 aliphatic rings. The maximum atomic E-state index is 13.8. The third-order valence-electron chi connectivity index (χ3n) is 11.2. The highest BCUT2D eigenvalue weighted by atomic mass is 16.7. The molecule has 11 heteroatoms. The third-order valence-corrected chi connectivity index (χ3v) is 11.2. The average Bonchev–Trinajstić information content (AvgIpc) is 3.14. The molecule has 0 amide bonds. The van der Waals surface area contributed by atoms with Crippen LogP contribution in [-0.4, -0.2) is 97.2 Å². The summed E-state index contributed by atoms with van der Waals surface area (Å²) in [5.41, 5.74) is -2.90. The first kappa shape index (κ1) is 28.1. The summed E-state index contributed by atoms with van der Waals surface area (Å²) in [4.78, 5) is 37.8. The van der Waals surface area contributed by atoms with Gasteiger partial charge in [-0.15, -0.1) is 0 Å². The normalized spacial score (nSPS) is 52.6. The fourth-order valence-electron chi connectivity index (χ4n) is 9.10. The number of ketones is 2. The second-order valence-corrected chi connectivity index (χ2v) is 12.8. The van der Waals surface area contributed by atoms with Crippen molar-refractivity contribution in [2.24, 2.45) is 34.5 Å². The Kier molecular flexibility index (Phi) is 7.07. The van der Waals surface area contributed by atoms with Crippen molar-refractivity contribution in [2.75, 3.05) is 6.61 Å². The van der Waals surface area contributed by atoms with E-state index < -0.39 is 60.1 Å². The van der Waals surface area contributed by atoms with Gasteiger partial charge < -0.3 is 40.1 Å². The van der Waals surface area contributed by atoms with Crippen molar-refractivity contribution in [3.05, 3.63) is 0 Å². The Labute approximate surface area is 221 Å². The monoisotopic (exact) mass is 540 g/mol. The van der Waals surface area contributed by atoms with Crippen molar-refractivity contribution in [1.29, 1.82) is 0 Å². The zero-order chi connectivity index (χ0) is 27.8. The molecule has 4 saturated carbocycles. The standard InChI is InChI=1S/C27H40O11/c1-25-7-5-13(37-24-21(33)19(31)20(32)22(38-24)23(34)35)9-12(25)3-4-14-15-6-8-27(36,17(30)11-28)26(15,2)10-16(29)18(14)25/h12-15,18-22,24,28,31-33,36H,3-11H2,1-2H3,(H,34,35)/t12?,13?,14?,15?,18?,19-,20?,21?,22+,24-,25?,26?,27+/m1/s1. The van der Waals surface area contributed by atoms with Crippen molar-refractivity contribution < 1.29 is 54.5 Å². The summed E-state index contributed by atoms with van der Waals surface area (Å²) in [5.74, 6) is -2.06. The van der Waals surface area contributed by atoms with Crippen molar-refractivity contribution >= 4 is 17.5 Å². The first-order valence-electron chi connectivity index (χ1n) is 13.8. The Morgan fingerprint density at radius 2 is 1.74 bits per heavy atom. The lowest BCUT2D eigenvalue weighted by molar-refractivity contribution is -0.309. The quantitative estimate of drug-likeness (QED) is 0.253. The molecule has 0 spiro atoms. The number of carboxylic acids is 1. The van der Waals surface area contributed by atoms with E-state index in [0.29, 0.717) is 25.7 Å². The maximum Gasteiger partial charge on any atom is 0.335 e. The van der Waals surface area contributed by atoms with E-state index >= 15 is 0 Å². The highest BCUT2D eigenvalue weighted by Crippen LogP contribution is 2.67. The van der Waals surface area contributed by atoms with Gasteiger partial charge in [-0.25, -0.2) is 4.79 Å². The van der Waals surface area contributed by atoms with E-state index in [9.17, 15) is 45.0 Å². The van der Waals surface area contributed by atoms with E-state index in [-0.39, 0.29) is 53.8 Å². The number of hydrogen-bond acceptors (Lipinski definition) is 10. The molecular formula is C27H40O11. The van der Waals surface area contributed by atoms with E-state index in [4.69, 9.17) is 9.47 Å². The Morgan fingerprint density at radius 1 is 1.03 bits per heavy atom. The minimum absolute atomic E-state index is 0.00380. The van der Waals surface area contributed by atoms with Crippen LogP contribution < -0.4 is 0 Å². The van der Waals surface area contributed by atoms with Crippen LogP contribution in [0.4, 0.5) is 0 Å². The first-order chi connectivity index (χ1) is 17.8. The van der Waals surface area contributed by atoms with Crippen LogP contribution in [0.25, 0.3) is 0 Å². The van der Waals surface area contributed by atoms with Crippen LogP contribution in [0.3, 0.4) is 0 Å². The number of hydrogen-bond donors (Lipinski definition) is 6. The number of carboxylic acid groups (broad SMARTS) is 1. The average molecular weight is 541 g/mol. The molecule has 0 aromatic heterocycles. The molecule has 5 fully saturated rings. The molecule has 11 nitrogen and oxygen atoms in total. The number of Topliss-reactive ketones (excluding diaryl/α,β-unsaturated/α-hetero) is 2. The number of carbonyl (C=O) groups excluding carboxylic acids is 2. The largest absolute Gasteiger partial charge is 0.479 e. The van der Waals surface area contributed by atoms with E-state index in [1.54, 1.807) is 0 Å². The predicted octanol–water partition coefficient (Wildman–Crippen LogP) is -0.222. The Balaban J connectivity index is 1.31. The molecule has 1 heterocycles. The van der Waals surface area contributed by atoms with Crippen LogP contribution in [0.2, 0.25) is 0 Å². The highest BCUT2D eigenvalue weighted by molar-refractivity contribution is 5.92. The molecule has 0 aromatic carbocycles. The van der Waals surface area contributed by atoms with Gasteiger partial charge in [-0.05, 0) is 68.1 Å². The molecule has 1 aliphatic heterocycles. The number of carbonyl (C=O) groups is 3. The number of aliphatic carboxylic acids is 1. The molecule has 9 unspecified atom stereocenters. The van der Waals surface area contributed by atoms with E-state index in [1.165, 1.54) is 0 Å². The molecule has 38 heavy (non-hydrogen) atoms. The van der Waals surface area contributed by atoms with Gasteiger partial charge in [0.15, 0.2) is 18.2 Å². The van der Waals surface area contributed by atoms with Gasteiger partial charge in [0.1, 0.15) is 36.3 Å². The minimum atomic E-state index is -1.78. The van der Waals surface area contributed by atoms with Crippen LogP contribution in [0.1, 0.15) is 65.2 Å². The molecule has 1 saturated heterocycles. The molecule has 4 aliphatic carbocycles. The van der Waals surface area contributed by atoms with Crippen molar-refractivity contribution in [1.82, 2.24) is 0 Å². The van der Waals surface area contributed by atoms with Crippen LogP contribution in [0, 0.1) is 34.5 Å². The summed E-state index contributed by atoms with van der Waals surface area (Å²) in [6.07, 6.45) is -4.28. The molecule has 0 bridgehead atoms. The molecule has 13 atom stereocenters. The van der Waals surface area contributed by atoms with Crippen LogP contribution >= 0.6 is 0 Å². The lowest BCUT2D eigenvalue weighted by Gasteiger charge is -2.60. The zero-order valence-corrected chi connectivity index (χ0v) is 21.9. The number of fused-ring (bicyclic) bond motifs is 5. The number of ether oxygens (including phenoxy) is 2. The zero-order valence-electron chi connectivity index (χ0n) is 21.9. The van der Waals surface area contributed by atoms with Gasteiger partial charge in [0.2, 0.25) is 0 Å². The Morgan fingerprint density at radius 3 is 2.39 bits per heavy atom. The summed E-state index contributed by atoms with van der Waals surface area (Å²) in [7, 11) is 0. The number of aliphatic hydroxyl groups is 5. The first-order valence-corrected chi connectivity index (χ1v) is 13.8. The summed E-state index contributed by atoms with van der Waals surface area (Å²) in [6.45, 7) is 3.22. The molecule has 6 N–H and O–H groups in total. The van der Waals surface area contributed by atoms with Gasteiger partial charge in [-0.1, -0.05) is 13.8 Å². The lowest BCUT2D eigenvalue weighted by atomic mass is 9.44. The van der Waals surface area contributed by atoms with E-state index in [1.807, 2.05) is 6.92 Å². The number of aliphatic hydroxyl groups excluding tert-OH is 4. The van der Waals surface area contributed by atoms with Crippen LogP contribution in [-0.2, 0) is 23.9 Å². The topological polar surface area (TPSA) is 191 Å². The van der Waals surface area contributed by atoms with Crippen molar-refractivity contribution in [2.45, 2.75) is 108 Å². The number of rotatable bonds is 5. The molecular weight excluding hydrogens is 500 g/mol. The van der Waals surface area contributed by atoms with Crippen LogP contribution in [0.5, 0.6) is 0 Å². The van der Waals surface area contributed by atoms with Crippen LogP contribution in [0.15, 0.2) is 0 Å². The highest BCUT2D eigenvalue weighted by Gasteiger charge is 2.69. The smallest absolute Gasteiger partial charge is 0.335 e. The SMILES string of the molecule is CC12CCC(O[C@@H]3O[C@H](C(=O)O)C(O)[C@@H](O)C3O)CC1CCC1C2C(=O)CC2(C)C1CC[C@]2(O)C(=O)CO. The second-order valence-electron chi connectivity index (χ2n) is 12.8. The van der Waals surface area contributed by atoms with Gasteiger partial charge in [0.25, 0.3) is 0 Å². The fourth-order valence-corrected chi connectivity index (χ4v) is 9.10. The Hall–Kier alpha value is -1.47. The molecule has 5 rings (SSSR count). The van der Waals surface area contributed by atoms with Gasteiger partial charge in [-0.2, -0.15) is 0 Å². The van der Waals surface area contributed by atoms with Gasteiger partial charge in [-0.3, -0.25) is 9.59 Å². The van der Waals surface area contributed by atoms with E-state index in [2.05, 4.69) is 6.92 Å². The minimum Gasteiger partial charge on any atom is -0.479 e. The van der Waals surface area contributed by atoms with Gasteiger partial charge >= 0.3 is 5.97 Å². The van der Waals surface area contributed by atoms with Gasteiger partial charge in [0, 0.05) is 17.8 Å². The fraction of sp³-hybridized carbons (Fsp3) is 0.889. The second kappa shape index (κ2) is 9.57. The third kappa shape index (κ3) is 3.92. The van der Waals surface area contributed by atoms with Crippen molar-refractivity contribution in [3.8, 4) is 0 Å². The maximum absolute atomic E-state index is 13.8. The Bertz CT molecular complexity index is 986. The van der Waals surface area contributed by atoms with Gasteiger partial charge in [0.05, 0.1) is 6.10 Å². The summed E-state index contributed by atoms with van der Waals surface area (Å²) in [5, 5.41) is 60.6. The van der Waals surface area contributed by atoms with Crippen molar-refractivity contribution in [3.63, 3.8) is 0 Å². The summed E-state index contributed by atoms with van der Waals surface area (Å²) in [6, 6.07) is 0. The molecule has 0 aromatic rings. The van der Waals surface area contributed by atoms with E-state index in [0.717, 1.165) is 12.8 Å². The summed E-state index contributed by atoms with van der Waals surface area (Å²) >= 11 is 0. The molecule has 214 valence electrons. The molecule has 0 radical (unpaired) electrons. The summed E-state index contributed by atoms with van der Waals surface area (Å²) < 4.78 is 11.3. The lowest BCUT2D eigenvalue weighted by Crippen LogP contribution is -2.63. The predicted molar refractivity (Wildman–Crippen MR) is 128 cm³/mol.